The summed E-state index contributed by atoms with van der Waals surface area (Å²) in [5.41, 5.74) is 8.22. The lowest BCUT2D eigenvalue weighted by molar-refractivity contribution is 0.931. The summed E-state index contributed by atoms with van der Waals surface area (Å²) < 4.78 is 0. The third kappa shape index (κ3) is 3.43. The molecule has 0 fully saturated rings. The molecule has 70 valence electrons. The zero-order chi connectivity index (χ0) is 9.68. The zero-order valence-electron chi connectivity index (χ0n) is 8.33. The fourth-order valence-electron chi connectivity index (χ4n) is 1.18. The normalized spacial score (nSPS) is 13.5. The van der Waals surface area contributed by atoms with E-state index in [1.54, 1.807) is 0 Å². The Hall–Kier alpha value is -1.08. The van der Waals surface area contributed by atoms with Crippen LogP contribution >= 0.6 is 0 Å². The van der Waals surface area contributed by atoms with Gasteiger partial charge in [-0.2, -0.15) is 0 Å². The molecule has 0 aliphatic carbocycles. The highest BCUT2D eigenvalue weighted by molar-refractivity contribution is 5.50. The first-order valence-electron chi connectivity index (χ1n) is 4.75. The van der Waals surface area contributed by atoms with Gasteiger partial charge in [0, 0.05) is 6.04 Å². The van der Waals surface area contributed by atoms with Gasteiger partial charge in [-0.3, -0.25) is 0 Å². The Labute approximate surface area is 80.3 Å². The molecular weight excluding hydrogens is 158 g/mol. The minimum absolute atomic E-state index is 0.130. The predicted molar refractivity (Wildman–Crippen MR) is 58.5 cm³/mol. The SMILES string of the molecule is CCc1cccc(/C=C/C(C)N)c1. The molecule has 1 atom stereocenters. The van der Waals surface area contributed by atoms with Gasteiger partial charge in [-0.15, -0.1) is 0 Å². The van der Waals surface area contributed by atoms with E-state index in [0.29, 0.717) is 0 Å². The topological polar surface area (TPSA) is 26.0 Å². The lowest BCUT2D eigenvalue weighted by Crippen LogP contribution is -2.09. The predicted octanol–water partition coefficient (Wildman–Crippen LogP) is 2.61. The van der Waals surface area contributed by atoms with Crippen LogP contribution < -0.4 is 5.73 Å². The van der Waals surface area contributed by atoms with Crippen LogP contribution in [-0.4, -0.2) is 6.04 Å². The molecule has 0 bridgehead atoms. The molecule has 1 aromatic rings. The van der Waals surface area contributed by atoms with Crippen LogP contribution in [0.2, 0.25) is 0 Å². The number of hydrogen-bond donors (Lipinski definition) is 1. The second kappa shape index (κ2) is 4.83. The number of benzene rings is 1. The largest absolute Gasteiger partial charge is 0.325 e. The maximum Gasteiger partial charge on any atom is 0.0198 e. The van der Waals surface area contributed by atoms with Gasteiger partial charge >= 0.3 is 0 Å². The van der Waals surface area contributed by atoms with Gasteiger partial charge in [0.25, 0.3) is 0 Å². The Morgan fingerprint density at radius 1 is 1.46 bits per heavy atom. The first-order chi connectivity index (χ1) is 6.22. The molecule has 0 heterocycles. The van der Waals surface area contributed by atoms with Crippen molar-refractivity contribution in [2.75, 3.05) is 0 Å². The molecule has 0 saturated carbocycles. The Morgan fingerprint density at radius 3 is 2.85 bits per heavy atom. The average Bonchev–Trinajstić information content (AvgIpc) is 2.15. The molecule has 13 heavy (non-hydrogen) atoms. The Bertz CT molecular complexity index is 287. The monoisotopic (exact) mass is 175 g/mol. The Balaban J connectivity index is 2.77. The first kappa shape index (κ1) is 10.0. The Morgan fingerprint density at radius 2 is 2.23 bits per heavy atom. The van der Waals surface area contributed by atoms with Crippen LogP contribution in [0.4, 0.5) is 0 Å². The third-order valence-corrected chi connectivity index (χ3v) is 1.95. The summed E-state index contributed by atoms with van der Waals surface area (Å²) in [5, 5.41) is 0. The smallest absolute Gasteiger partial charge is 0.0198 e. The van der Waals surface area contributed by atoms with Crippen LogP contribution in [0.1, 0.15) is 25.0 Å². The van der Waals surface area contributed by atoms with Crippen LogP contribution in [0.25, 0.3) is 6.08 Å². The van der Waals surface area contributed by atoms with Crippen molar-refractivity contribution in [2.45, 2.75) is 26.3 Å². The van der Waals surface area contributed by atoms with E-state index in [0.717, 1.165) is 6.42 Å². The molecule has 0 aliphatic rings. The molecule has 1 aromatic carbocycles. The van der Waals surface area contributed by atoms with E-state index < -0.39 is 0 Å². The van der Waals surface area contributed by atoms with Gasteiger partial charge in [0.05, 0.1) is 0 Å². The Kier molecular flexibility index (Phi) is 3.71. The summed E-state index contributed by atoms with van der Waals surface area (Å²) in [5.74, 6) is 0. The van der Waals surface area contributed by atoms with Crippen molar-refractivity contribution in [1.29, 1.82) is 0 Å². The maximum absolute atomic E-state index is 5.62. The minimum Gasteiger partial charge on any atom is -0.325 e. The molecule has 2 N–H and O–H groups in total. The zero-order valence-corrected chi connectivity index (χ0v) is 8.33. The molecule has 0 aliphatic heterocycles. The fraction of sp³-hybridized carbons (Fsp3) is 0.333. The van der Waals surface area contributed by atoms with Crippen LogP contribution in [0, 0.1) is 0 Å². The van der Waals surface area contributed by atoms with Gasteiger partial charge in [0.15, 0.2) is 0 Å². The van der Waals surface area contributed by atoms with Crippen LogP contribution in [-0.2, 0) is 6.42 Å². The van der Waals surface area contributed by atoms with E-state index in [4.69, 9.17) is 5.73 Å². The molecule has 1 heteroatoms. The van der Waals surface area contributed by atoms with Crippen LogP contribution in [0.5, 0.6) is 0 Å². The van der Waals surface area contributed by atoms with E-state index in [2.05, 4.69) is 37.3 Å². The molecule has 1 unspecified atom stereocenters. The van der Waals surface area contributed by atoms with Crippen LogP contribution in [0.3, 0.4) is 0 Å². The quantitative estimate of drug-likeness (QED) is 0.750. The van der Waals surface area contributed by atoms with Gasteiger partial charge in [-0.1, -0.05) is 43.3 Å². The minimum atomic E-state index is 0.130. The molecule has 0 saturated heterocycles. The number of nitrogens with two attached hydrogens (primary N) is 1. The summed E-state index contributed by atoms with van der Waals surface area (Å²) >= 11 is 0. The molecule has 1 nitrogen and oxygen atoms in total. The molecule has 0 aromatic heterocycles. The molecular formula is C12H17N. The van der Waals surface area contributed by atoms with Gasteiger partial charge in [-0.25, -0.2) is 0 Å². The van der Waals surface area contributed by atoms with Crippen molar-refractivity contribution < 1.29 is 0 Å². The van der Waals surface area contributed by atoms with E-state index in [-0.39, 0.29) is 6.04 Å². The van der Waals surface area contributed by atoms with E-state index in [1.165, 1.54) is 11.1 Å². The first-order valence-corrected chi connectivity index (χ1v) is 4.75. The molecule has 0 spiro atoms. The summed E-state index contributed by atoms with van der Waals surface area (Å²) in [6.45, 7) is 4.13. The van der Waals surface area contributed by atoms with Gasteiger partial charge in [-0.05, 0) is 24.5 Å². The maximum atomic E-state index is 5.62. The molecule has 1 rings (SSSR count). The summed E-state index contributed by atoms with van der Waals surface area (Å²) in [7, 11) is 0. The highest BCUT2D eigenvalue weighted by atomic mass is 14.6. The van der Waals surface area contributed by atoms with E-state index >= 15 is 0 Å². The second-order valence-electron chi connectivity index (χ2n) is 3.32. The van der Waals surface area contributed by atoms with Crippen molar-refractivity contribution in [1.82, 2.24) is 0 Å². The number of hydrogen-bond acceptors (Lipinski definition) is 1. The van der Waals surface area contributed by atoms with Crippen molar-refractivity contribution in [3.8, 4) is 0 Å². The van der Waals surface area contributed by atoms with Crippen LogP contribution in [0.15, 0.2) is 30.3 Å². The molecule has 0 radical (unpaired) electrons. The standard InChI is InChI=1S/C12H17N/c1-3-11-5-4-6-12(9-11)8-7-10(2)13/h4-10H,3,13H2,1-2H3/b8-7+. The van der Waals surface area contributed by atoms with Gasteiger partial charge < -0.3 is 5.73 Å². The average molecular weight is 175 g/mol. The highest BCUT2D eigenvalue weighted by Crippen LogP contribution is 2.07. The lowest BCUT2D eigenvalue weighted by atomic mass is 10.1. The van der Waals surface area contributed by atoms with E-state index in [1.807, 2.05) is 13.0 Å². The molecule has 0 amide bonds. The van der Waals surface area contributed by atoms with E-state index in [9.17, 15) is 0 Å². The third-order valence-electron chi connectivity index (χ3n) is 1.95. The lowest BCUT2D eigenvalue weighted by Gasteiger charge is -1.99. The van der Waals surface area contributed by atoms with Gasteiger partial charge in [0.1, 0.15) is 0 Å². The summed E-state index contributed by atoms with van der Waals surface area (Å²) in [6, 6.07) is 8.64. The summed E-state index contributed by atoms with van der Waals surface area (Å²) in [6.07, 6.45) is 5.17. The second-order valence-corrected chi connectivity index (χ2v) is 3.32. The number of rotatable bonds is 3. The fourth-order valence-corrected chi connectivity index (χ4v) is 1.18. The highest BCUT2D eigenvalue weighted by Gasteiger charge is 1.90. The van der Waals surface area contributed by atoms with Gasteiger partial charge in [0.2, 0.25) is 0 Å². The van der Waals surface area contributed by atoms with Crippen molar-refractivity contribution >= 4 is 6.08 Å². The van der Waals surface area contributed by atoms with Crippen molar-refractivity contribution in [2.24, 2.45) is 5.73 Å². The number of aryl methyl sites for hydroxylation is 1. The van der Waals surface area contributed by atoms with Crippen molar-refractivity contribution in [3.05, 3.63) is 41.5 Å². The summed E-state index contributed by atoms with van der Waals surface area (Å²) in [4.78, 5) is 0. The van der Waals surface area contributed by atoms with Crippen molar-refractivity contribution in [3.63, 3.8) is 0 Å².